The van der Waals surface area contributed by atoms with Gasteiger partial charge in [-0.1, -0.05) is 28.1 Å². The Hall–Kier alpha value is -1.59. The summed E-state index contributed by atoms with van der Waals surface area (Å²) in [5, 5.41) is 3.21. The molecule has 1 N–H and O–H groups in total. The Balaban J connectivity index is 2.07. The first-order valence-corrected chi connectivity index (χ1v) is 7.66. The molecule has 4 nitrogen and oxygen atoms in total. The summed E-state index contributed by atoms with van der Waals surface area (Å²) in [7, 11) is 1.92. The van der Waals surface area contributed by atoms with Gasteiger partial charge in [0.25, 0.3) is 5.56 Å². The molecule has 1 aromatic heterocycles. The lowest BCUT2D eigenvalue weighted by molar-refractivity contribution is 0.291. The number of nitrogens with zero attached hydrogens (tertiary/aromatic N) is 1. The minimum Gasteiger partial charge on any atom is -0.491 e. The zero-order chi connectivity index (χ0) is 15.2. The van der Waals surface area contributed by atoms with Crippen LogP contribution in [0.5, 0.6) is 5.75 Å². The van der Waals surface area contributed by atoms with Gasteiger partial charge in [-0.25, -0.2) is 0 Å². The summed E-state index contributed by atoms with van der Waals surface area (Å²) in [5.74, 6) is 0.829. The van der Waals surface area contributed by atoms with E-state index in [4.69, 9.17) is 4.74 Å². The van der Waals surface area contributed by atoms with E-state index in [9.17, 15) is 4.79 Å². The topological polar surface area (TPSA) is 43.3 Å². The number of hydrogen-bond acceptors (Lipinski definition) is 3. The fourth-order valence-electron chi connectivity index (χ4n) is 2.05. The smallest absolute Gasteiger partial charge is 0.250 e. The van der Waals surface area contributed by atoms with Crippen LogP contribution in [0.1, 0.15) is 18.5 Å². The zero-order valence-electron chi connectivity index (χ0n) is 12.2. The maximum absolute atomic E-state index is 11.6. The van der Waals surface area contributed by atoms with Crippen molar-refractivity contribution in [1.29, 1.82) is 0 Å². The van der Waals surface area contributed by atoms with Crippen LogP contribution in [0.2, 0.25) is 0 Å². The predicted octanol–water partition coefficient (Wildman–Crippen LogP) is 2.97. The minimum absolute atomic E-state index is 0.0147. The van der Waals surface area contributed by atoms with Crippen LogP contribution >= 0.6 is 15.9 Å². The monoisotopic (exact) mass is 350 g/mol. The summed E-state index contributed by atoms with van der Waals surface area (Å²) in [4.78, 5) is 11.6. The molecule has 5 heteroatoms. The van der Waals surface area contributed by atoms with E-state index in [0.29, 0.717) is 13.2 Å². The Kier molecular flexibility index (Phi) is 5.59. The molecule has 0 aliphatic rings. The Labute approximate surface area is 132 Å². The van der Waals surface area contributed by atoms with Crippen LogP contribution in [0.3, 0.4) is 0 Å². The van der Waals surface area contributed by atoms with E-state index in [1.165, 1.54) is 0 Å². The van der Waals surface area contributed by atoms with E-state index >= 15 is 0 Å². The second kappa shape index (κ2) is 7.43. The Morgan fingerprint density at radius 1 is 1.33 bits per heavy atom. The van der Waals surface area contributed by atoms with Crippen molar-refractivity contribution in [3.63, 3.8) is 0 Å². The third-order valence-corrected chi connectivity index (χ3v) is 3.86. The van der Waals surface area contributed by atoms with Crippen molar-refractivity contribution in [2.75, 3.05) is 13.7 Å². The van der Waals surface area contributed by atoms with Crippen LogP contribution in [0.4, 0.5) is 0 Å². The van der Waals surface area contributed by atoms with Crippen molar-refractivity contribution in [3.8, 4) is 5.75 Å². The highest BCUT2D eigenvalue weighted by molar-refractivity contribution is 9.10. The molecule has 21 heavy (non-hydrogen) atoms. The van der Waals surface area contributed by atoms with Crippen molar-refractivity contribution in [3.05, 3.63) is 63.0 Å². The van der Waals surface area contributed by atoms with E-state index < -0.39 is 0 Å². The minimum atomic E-state index is -0.0147. The summed E-state index contributed by atoms with van der Waals surface area (Å²) in [6, 6.07) is 11.3. The van der Waals surface area contributed by atoms with Gasteiger partial charge in [-0.2, -0.15) is 0 Å². The van der Waals surface area contributed by atoms with Gasteiger partial charge in [0, 0.05) is 28.3 Å². The van der Waals surface area contributed by atoms with Crippen molar-refractivity contribution < 1.29 is 4.74 Å². The van der Waals surface area contributed by atoms with Gasteiger partial charge in [0.15, 0.2) is 0 Å². The SMILES string of the molecule is CNC(C)c1ccc(Br)cc1OCCn1ccccc1=O. The number of rotatable bonds is 6. The molecule has 0 saturated heterocycles. The highest BCUT2D eigenvalue weighted by atomic mass is 79.9. The lowest BCUT2D eigenvalue weighted by Crippen LogP contribution is -2.21. The van der Waals surface area contributed by atoms with Crippen LogP contribution < -0.4 is 15.6 Å². The van der Waals surface area contributed by atoms with E-state index in [-0.39, 0.29) is 11.6 Å². The normalized spacial score (nSPS) is 12.1. The molecule has 0 fully saturated rings. The number of nitrogens with one attached hydrogen (secondary N) is 1. The van der Waals surface area contributed by atoms with E-state index in [1.54, 1.807) is 22.9 Å². The summed E-state index contributed by atoms with van der Waals surface area (Å²) in [6.07, 6.45) is 1.77. The molecule has 1 aromatic carbocycles. The maximum atomic E-state index is 11.6. The second-order valence-corrected chi connectivity index (χ2v) is 5.69. The third kappa shape index (κ3) is 4.19. The molecule has 2 rings (SSSR count). The van der Waals surface area contributed by atoms with Gasteiger partial charge in [0.1, 0.15) is 12.4 Å². The summed E-state index contributed by atoms with van der Waals surface area (Å²) in [6.45, 7) is 3.06. The van der Waals surface area contributed by atoms with Crippen LogP contribution in [0, 0.1) is 0 Å². The van der Waals surface area contributed by atoms with Gasteiger partial charge in [0.2, 0.25) is 0 Å². The van der Waals surface area contributed by atoms with E-state index in [0.717, 1.165) is 15.8 Å². The molecular weight excluding hydrogens is 332 g/mol. The summed E-state index contributed by atoms with van der Waals surface area (Å²) >= 11 is 3.46. The quantitative estimate of drug-likeness (QED) is 0.870. The fourth-order valence-corrected chi connectivity index (χ4v) is 2.39. The van der Waals surface area contributed by atoms with Crippen molar-refractivity contribution in [2.24, 2.45) is 0 Å². The number of benzene rings is 1. The van der Waals surface area contributed by atoms with Crippen LogP contribution in [0.25, 0.3) is 0 Å². The van der Waals surface area contributed by atoms with Gasteiger partial charge in [-0.3, -0.25) is 4.79 Å². The Morgan fingerprint density at radius 3 is 2.86 bits per heavy atom. The summed E-state index contributed by atoms with van der Waals surface area (Å²) in [5.41, 5.74) is 1.08. The molecule has 0 spiro atoms. The largest absolute Gasteiger partial charge is 0.491 e. The number of aromatic nitrogens is 1. The molecule has 0 aliphatic heterocycles. The predicted molar refractivity (Wildman–Crippen MR) is 87.8 cm³/mol. The highest BCUT2D eigenvalue weighted by Crippen LogP contribution is 2.28. The lowest BCUT2D eigenvalue weighted by atomic mass is 10.1. The molecule has 112 valence electrons. The number of pyridine rings is 1. The average Bonchev–Trinajstić information content (AvgIpc) is 2.48. The second-order valence-electron chi connectivity index (χ2n) is 4.77. The van der Waals surface area contributed by atoms with Gasteiger partial charge in [0.05, 0.1) is 6.54 Å². The first kappa shape index (κ1) is 15.8. The average molecular weight is 351 g/mol. The van der Waals surface area contributed by atoms with Crippen LogP contribution in [-0.4, -0.2) is 18.2 Å². The zero-order valence-corrected chi connectivity index (χ0v) is 13.8. The first-order chi connectivity index (χ1) is 10.1. The van der Waals surface area contributed by atoms with E-state index in [1.807, 2.05) is 31.3 Å². The van der Waals surface area contributed by atoms with Crippen LogP contribution in [0.15, 0.2) is 51.9 Å². The first-order valence-electron chi connectivity index (χ1n) is 6.87. The molecule has 0 radical (unpaired) electrons. The highest BCUT2D eigenvalue weighted by Gasteiger charge is 2.10. The van der Waals surface area contributed by atoms with Crippen molar-refractivity contribution in [1.82, 2.24) is 9.88 Å². The number of ether oxygens (including phenoxy) is 1. The molecule has 0 saturated carbocycles. The molecule has 1 atom stereocenters. The molecule has 2 aromatic rings. The number of hydrogen-bond donors (Lipinski definition) is 1. The van der Waals surface area contributed by atoms with Crippen LogP contribution in [-0.2, 0) is 6.54 Å². The molecule has 0 bridgehead atoms. The van der Waals surface area contributed by atoms with Crippen molar-refractivity contribution in [2.45, 2.75) is 19.5 Å². The maximum Gasteiger partial charge on any atom is 0.250 e. The van der Waals surface area contributed by atoms with E-state index in [2.05, 4.69) is 28.2 Å². The molecule has 1 heterocycles. The Bertz CT molecular complexity index is 655. The van der Waals surface area contributed by atoms with Gasteiger partial charge >= 0.3 is 0 Å². The van der Waals surface area contributed by atoms with Gasteiger partial charge < -0.3 is 14.6 Å². The van der Waals surface area contributed by atoms with Gasteiger partial charge in [-0.15, -0.1) is 0 Å². The summed E-state index contributed by atoms with van der Waals surface area (Å²) < 4.78 is 8.48. The molecular formula is C16H19BrN2O2. The Morgan fingerprint density at radius 2 is 2.14 bits per heavy atom. The fraction of sp³-hybridized carbons (Fsp3) is 0.312. The lowest BCUT2D eigenvalue weighted by Gasteiger charge is -2.17. The third-order valence-electron chi connectivity index (χ3n) is 3.36. The molecule has 1 unspecified atom stereocenters. The van der Waals surface area contributed by atoms with Crippen molar-refractivity contribution >= 4 is 15.9 Å². The molecule has 0 aliphatic carbocycles. The number of halogens is 1. The standard InChI is InChI=1S/C16H19BrN2O2/c1-12(18-2)14-7-6-13(17)11-15(14)21-10-9-19-8-4-3-5-16(19)20/h3-8,11-12,18H,9-10H2,1-2H3. The molecule has 0 amide bonds. The van der Waals surface area contributed by atoms with Gasteiger partial charge in [-0.05, 0) is 32.2 Å².